The summed E-state index contributed by atoms with van der Waals surface area (Å²) in [6, 6.07) is 7.56. The van der Waals surface area contributed by atoms with Gasteiger partial charge in [0.2, 0.25) is 5.91 Å². The Morgan fingerprint density at radius 1 is 1.33 bits per heavy atom. The summed E-state index contributed by atoms with van der Waals surface area (Å²) in [6.45, 7) is 0.529. The van der Waals surface area contributed by atoms with Gasteiger partial charge in [-0.3, -0.25) is 4.79 Å². The van der Waals surface area contributed by atoms with Crippen molar-refractivity contribution in [2.45, 2.75) is 6.54 Å². The molecule has 4 heteroatoms. The topological polar surface area (TPSA) is 47.6 Å². The quantitative estimate of drug-likeness (QED) is 0.785. The summed E-state index contributed by atoms with van der Waals surface area (Å²) in [5.41, 5.74) is 0.949. The average Bonchev–Trinajstić information content (AvgIpc) is 2.27. The van der Waals surface area contributed by atoms with Crippen LogP contribution in [-0.2, 0) is 16.1 Å². The Morgan fingerprint density at radius 3 is 2.73 bits per heavy atom. The second-order valence-electron chi connectivity index (χ2n) is 3.02. The van der Waals surface area contributed by atoms with Crippen LogP contribution in [0.3, 0.4) is 0 Å². The Kier molecular flexibility index (Phi) is 4.63. The first-order valence-corrected chi connectivity index (χ1v) is 4.65. The van der Waals surface area contributed by atoms with Gasteiger partial charge in [0.15, 0.2) is 0 Å². The number of nitrogens with one attached hydrogen (secondary N) is 1. The highest BCUT2D eigenvalue weighted by molar-refractivity contribution is 5.77. The molecule has 0 spiro atoms. The van der Waals surface area contributed by atoms with E-state index in [4.69, 9.17) is 9.47 Å². The van der Waals surface area contributed by atoms with Gasteiger partial charge >= 0.3 is 0 Å². The van der Waals surface area contributed by atoms with Crippen molar-refractivity contribution < 1.29 is 14.3 Å². The van der Waals surface area contributed by atoms with E-state index in [1.54, 1.807) is 7.11 Å². The van der Waals surface area contributed by atoms with Crippen LogP contribution < -0.4 is 10.1 Å². The van der Waals surface area contributed by atoms with E-state index >= 15 is 0 Å². The predicted octanol–water partition coefficient (Wildman–Crippen LogP) is 0.958. The molecule has 82 valence electrons. The predicted molar refractivity (Wildman–Crippen MR) is 56.7 cm³/mol. The van der Waals surface area contributed by atoms with Crippen LogP contribution in [0.5, 0.6) is 5.75 Å². The third-order valence-electron chi connectivity index (χ3n) is 1.94. The molecule has 0 heterocycles. The number of hydrogen-bond donors (Lipinski definition) is 1. The third-order valence-corrected chi connectivity index (χ3v) is 1.94. The second kappa shape index (κ2) is 6.03. The van der Waals surface area contributed by atoms with Gasteiger partial charge in [0.25, 0.3) is 0 Å². The molecule has 15 heavy (non-hydrogen) atoms. The number of carbonyl (C=O) groups is 1. The molecule has 1 N–H and O–H groups in total. The average molecular weight is 209 g/mol. The number of benzene rings is 1. The van der Waals surface area contributed by atoms with E-state index < -0.39 is 0 Å². The Hall–Kier alpha value is -1.55. The Labute approximate surface area is 89.2 Å². The van der Waals surface area contributed by atoms with Gasteiger partial charge in [-0.05, 0) is 6.07 Å². The van der Waals surface area contributed by atoms with Gasteiger partial charge in [0.1, 0.15) is 12.4 Å². The Morgan fingerprint density at radius 2 is 2.07 bits per heavy atom. The van der Waals surface area contributed by atoms with Crippen molar-refractivity contribution in [1.29, 1.82) is 0 Å². The molecule has 4 nitrogen and oxygen atoms in total. The number of ether oxygens (including phenoxy) is 2. The number of methoxy groups -OCH3 is 2. The van der Waals surface area contributed by atoms with Crippen LogP contribution in [-0.4, -0.2) is 26.7 Å². The molecule has 1 aromatic carbocycles. The molecule has 0 unspecified atom stereocenters. The molecule has 1 amide bonds. The molecule has 0 bridgehead atoms. The largest absolute Gasteiger partial charge is 0.496 e. The lowest BCUT2D eigenvalue weighted by Crippen LogP contribution is -2.26. The molecule has 0 aliphatic rings. The van der Waals surface area contributed by atoms with E-state index in [1.807, 2.05) is 24.3 Å². The smallest absolute Gasteiger partial charge is 0.246 e. The number of carbonyl (C=O) groups excluding carboxylic acids is 1. The molecule has 0 aromatic heterocycles. The fraction of sp³-hybridized carbons (Fsp3) is 0.364. The first kappa shape index (κ1) is 11.5. The number of para-hydroxylation sites is 1. The Balaban J connectivity index is 2.53. The molecule has 0 saturated carbocycles. The van der Waals surface area contributed by atoms with Crippen molar-refractivity contribution in [3.05, 3.63) is 29.8 Å². The summed E-state index contributed by atoms with van der Waals surface area (Å²) in [5, 5.41) is 2.73. The van der Waals surface area contributed by atoms with E-state index in [-0.39, 0.29) is 12.5 Å². The van der Waals surface area contributed by atoms with E-state index in [9.17, 15) is 4.79 Å². The van der Waals surface area contributed by atoms with Gasteiger partial charge < -0.3 is 14.8 Å². The fourth-order valence-electron chi connectivity index (χ4n) is 1.22. The fourth-order valence-corrected chi connectivity index (χ4v) is 1.22. The summed E-state index contributed by atoms with van der Waals surface area (Å²) < 4.78 is 9.86. The lowest BCUT2D eigenvalue weighted by Gasteiger charge is -2.08. The zero-order chi connectivity index (χ0) is 11.1. The lowest BCUT2D eigenvalue weighted by atomic mass is 10.2. The van der Waals surface area contributed by atoms with Crippen LogP contribution in [0.4, 0.5) is 0 Å². The van der Waals surface area contributed by atoms with Gasteiger partial charge in [-0.2, -0.15) is 0 Å². The van der Waals surface area contributed by atoms with Crippen LogP contribution in [0.1, 0.15) is 5.56 Å². The molecule has 0 atom stereocenters. The molecular formula is C11H15NO3. The molecular weight excluding hydrogens is 194 g/mol. The van der Waals surface area contributed by atoms with E-state index in [1.165, 1.54) is 7.11 Å². The molecule has 0 saturated heterocycles. The number of amides is 1. The first-order chi connectivity index (χ1) is 7.27. The third kappa shape index (κ3) is 3.59. The summed E-state index contributed by atoms with van der Waals surface area (Å²) in [5.74, 6) is 0.638. The normalized spacial score (nSPS) is 9.73. The lowest BCUT2D eigenvalue weighted by molar-refractivity contribution is -0.124. The van der Waals surface area contributed by atoms with Crippen molar-refractivity contribution >= 4 is 5.91 Å². The SMILES string of the molecule is COCC(=O)NCc1ccccc1OC. The monoisotopic (exact) mass is 209 g/mol. The maximum atomic E-state index is 11.1. The summed E-state index contributed by atoms with van der Waals surface area (Å²) in [6.07, 6.45) is 0. The van der Waals surface area contributed by atoms with Gasteiger partial charge in [-0.15, -0.1) is 0 Å². The Bertz CT molecular complexity index is 325. The number of rotatable bonds is 5. The second-order valence-corrected chi connectivity index (χ2v) is 3.02. The summed E-state index contributed by atoms with van der Waals surface area (Å²) in [4.78, 5) is 11.1. The molecule has 0 aliphatic carbocycles. The maximum absolute atomic E-state index is 11.1. The minimum Gasteiger partial charge on any atom is -0.496 e. The minimum absolute atomic E-state index is 0.0785. The first-order valence-electron chi connectivity index (χ1n) is 4.65. The number of hydrogen-bond acceptors (Lipinski definition) is 3. The van der Waals surface area contributed by atoms with Crippen LogP contribution in [0.25, 0.3) is 0 Å². The van der Waals surface area contributed by atoms with E-state index in [0.717, 1.165) is 11.3 Å². The molecule has 0 aliphatic heterocycles. The zero-order valence-electron chi connectivity index (χ0n) is 8.95. The molecule has 0 fully saturated rings. The van der Waals surface area contributed by atoms with E-state index in [2.05, 4.69) is 5.32 Å². The van der Waals surface area contributed by atoms with Crippen LogP contribution in [0, 0.1) is 0 Å². The van der Waals surface area contributed by atoms with Gasteiger partial charge in [0.05, 0.1) is 7.11 Å². The van der Waals surface area contributed by atoms with Crippen LogP contribution >= 0.6 is 0 Å². The van der Waals surface area contributed by atoms with Crippen molar-refractivity contribution in [3.8, 4) is 5.75 Å². The molecule has 0 radical (unpaired) electrons. The molecule has 1 rings (SSSR count). The van der Waals surface area contributed by atoms with Gasteiger partial charge in [0, 0.05) is 19.2 Å². The standard InChI is InChI=1S/C11H15NO3/c1-14-8-11(13)12-7-9-5-3-4-6-10(9)15-2/h3-6H,7-8H2,1-2H3,(H,12,13). The maximum Gasteiger partial charge on any atom is 0.246 e. The zero-order valence-corrected chi connectivity index (χ0v) is 8.95. The van der Waals surface area contributed by atoms with E-state index in [0.29, 0.717) is 6.54 Å². The van der Waals surface area contributed by atoms with Crippen molar-refractivity contribution in [2.75, 3.05) is 20.8 Å². The van der Waals surface area contributed by atoms with Gasteiger partial charge in [-0.1, -0.05) is 18.2 Å². The summed E-state index contributed by atoms with van der Waals surface area (Å²) in [7, 11) is 3.10. The summed E-state index contributed by atoms with van der Waals surface area (Å²) >= 11 is 0. The molecule has 1 aromatic rings. The highest BCUT2D eigenvalue weighted by Crippen LogP contribution is 2.16. The minimum atomic E-state index is -0.136. The van der Waals surface area contributed by atoms with Crippen molar-refractivity contribution in [3.63, 3.8) is 0 Å². The van der Waals surface area contributed by atoms with Crippen LogP contribution in [0.15, 0.2) is 24.3 Å². The van der Waals surface area contributed by atoms with Gasteiger partial charge in [-0.25, -0.2) is 0 Å². The highest BCUT2D eigenvalue weighted by atomic mass is 16.5. The highest BCUT2D eigenvalue weighted by Gasteiger charge is 2.03. The van der Waals surface area contributed by atoms with Crippen LogP contribution in [0.2, 0.25) is 0 Å². The van der Waals surface area contributed by atoms with Crippen molar-refractivity contribution in [1.82, 2.24) is 5.32 Å². The van der Waals surface area contributed by atoms with Crippen molar-refractivity contribution in [2.24, 2.45) is 0 Å².